The van der Waals surface area contributed by atoms with Gasteiger partial charge in [0.2, 0.25) is 5.91 Å². The summed E-state index contributed by atoms with van der Waals surface area (Å²) >= 11 is 0. The van der Waals surface area contributed by atoms with Crippen LogP contribution in [0.2, 0.25) is 0 Å². The molecule has 298 valence electrons. The van der Waals surface area contributed by atoms with E-state index in [-0.39, 0.29) is 12.3 Å². The summed E-state index contributed by atoms with van der Waals surface area (Å²) in [6, 6.07) is -1.07. The average molecular weight is 736 g/mol. The van der Waals surface area contributed by atoms with Crippen LogP contribution in [-0.4, -0.2) is 41.9 Å². The van der Waals surface area contributed by atoms with Gasteiger partial charge in [0, 0.05) is 6.42 Å². The van der Waals surface area contributed by atoms with Crippen LogP contribution >= 0.6 is 0 Å². The molecule has 0 fully saturated rings. The minimum absolute atomic E-state index is 0.275. The SMILES string of the molecule is CC/C=C\C/C=C\C/C=C\CCCCCCCC(=O)NC(CS(=O)(=O)O)C(O)/C=C/CCCCCCCCCCCCCCCCCCCCC. The molecule has 0 saturated carbocycles. The van der Waals surface area contributed by atoms with Crippen molar-refractivity contribution in [2.75, 3.05) is 5.75 Å². The van der Waals surface area contributed by atoms with Crippen LogP contribution < -0.4 is 5.32 Å². The third-order valence-corrected chi connectivity index (χ3v) is 10.3. The number of unbranched alkanes of at least 4 members (excludes halogenated alkanes) is 24. The van der Waals surface area contributed by atoms with Gasteiger partial charge in [0.15, 0.2) is 0 Å². The fraction of sp³-hybridized carbons (Fsp3) is 0.795. The van der Waals surface area contributed by atoms with Crippen molar-refractivity contribution in [1.29, 1.82) is 0 Å². The van der Waals surface area contributed by atoms with Crippen molar-refractivity contribution in [1.82, 2.24) is 5.32 Å². The van der Waals surface area contributed by atoms with Gasteiger partial charge in [0.05, 0.1) is 17.9 Å². The van der Waals surface area contributed by atoms with Crippen LogP contribution in [0.4, 0.5) is 0 Å². The number of aliphatic hydroxyl groups excluding tert-OH is 1. The van der Waals surface area contributed by atoms with E-state index in [1.165, 1.54) is 109 Å². The van der Waals surface area contributed by atoms with Gasteiger partial charge in [-0.2, -0.15) is 8.42 Å². The molecule has 0 aliphatic heterocycles. The molecule has 1 amide bonds. The van der Waals surface area contributed by atoms with E-state index in [1.807, 2.05) is 6.08 Å². The molecular formula is C44H81NO5S. The Hall–Kier alpha value is -1.70. The Balaban J connectivity index is 3.90. The topological polar surface area (TPSA) is 104 Å². The third kappa shape index (κ3) is 39.3. The van der Waals surface area contributed by atoms with Crippen molar-refractivity contribution in [2.24, 2.45) is 0 Å². The van der Waals surface area contributed by atoms with Crippen molar-refractivity contribution >= 4 is 16.0 Å². The largest absolute Gasteiger partial charge is 0.387 e. The molecule has 0 radical (unpaired) electrons. The highest BCUT2D eigenvalue weighted by atomic mass is 32.2. The first-order chi connectivity index (χ1) is 24.8. The Kier molecular flexibility index (Phi) is 36.8. The molecule has 0 aromatic rings. The van der Waals surface area contributed by atoms with E-state index in [0.29, 0.717) is 6.42 Å². The molecule has 0 heterocycles. The lowest BCUT2D eigenvalue weighted by Gasteiger charge is -2.21. The molecule has 0 saturated heterocycles. The number of carbonyl (C=O) groups excluding carboxylic acids is 1. The maximum absolute atomic E-state index is 12.5. The maximum Gasteiger partial charge on any atom is 0.267 e. The van der Waals surface area contributed by atoms with Crippen LogP contribution in [0.3, 0.4) is 0 Å². The van der Waals surface area contributed by atoms with Gasteiger partial charge in [-0.1, -0.05) is 197 Å². The minimum atomic E-state index is -4.35. The Bertz CT molecular complexity index is 987. The fourth-order valence-electron chi connectivity index (χ4n) is 6.35. The predicted molar refractivity (Wildman–Crippen MR) is 221 cm³/mol. The van der Waals surface area contributed by atoms with Gasteiger partial charge in [0.25, 0.3) is 10.1 Å². The van der Waals surface area contributed by atoms with E-state index < -0.39 is 28.0 Å². The molecule has 0 aliphatic carbocycles. The summed E-state index contributed by atoms with van der Waals surface area (Å²) in [7, 11) is -4.35. The summed E-state index contributed by atoms with van der Waals surface area (Å²) in [6.45, 7) is 4.42. The Morgan fingerprint density at radius 3 is 1.39 bits per heavy atom. The second-order valence-corrected chi connectivity index (χ2v) is 16.1. The van der Waals surface area contributed by atoms with Crippen LogP contribution in [0.25, 0.3) is 0 Å². The predicted octanol–water partition coefficient (Wildman–Crippen LogP) is 12.7. The summed E-state index contributed by atoms with van der Waals surface area (Å²) in [6.07, 6.45) is 51.0. The lowest BCUT2D eigenvalue weighted by atomic mass is 10.0. The van der Waals surface area contributed by atoms with E-state index in [1.54, 1.807) is 6.08 Å². The van der Waals surface area contributed by atoms with Crippen LogP contribution in [0.15, 0.2) is 48.6 Å². The van der Waals surface area contributed by atoms with Crippen LogP contribution in [0.5, 0.6) is 0 Å². The zero-order valence-corrected chi connectivity index (χ0v) is 34.0. The quantitative estimate of drug-likeness (QED) is 0.0333. The summed E-state index contributed by atoms with van der Waals surface area (Å²) in [5.74, 6) is -1.00. The lowest BCUT2D eigenvalue weighted by Crippen LogP contribution is -2.46. The number of carbonyl (C=O) groups is 1. The van der Waals surface area contributed by atoms with Gasteiger partial charge >= 0.3 is 0 Å². The molecule has 2 atom stereocenters. The standard InChI is InChI=1S/C44H81NO5S/c1-3-5-7-9-11-13-15-17-19-20-21-22-23-24-26-27-29-31-33-35-37-39-43(46)42(41-51(48,49)50)45-44(47)40-38-36-34-32-30-28-25-18-16-14-12-10-8-6-4-2/h6,8,12,14,18,25,37,39,42-43,46H,3-5,7,9-11,13,15-17,19-24,26-36,38,40-41H2,1-2H3,(H,45,47)(H,48,49,50)/b8-6-,14-12-,25-18-,39-37+. The number of nitrogens with one attached hydrogen (secondary N) is 1. The molecule has 2 unspecified atom stereocenters. The van der Waals surface area contributed by atoms with Gasteiger partial charge in [-0.05, 0) is 51.4 Å². The van der Waals surface area contributed by atoms with Crippen molar-refractivity contribution in [3.05, 3.63) is 48.6 Å². The molecule has 0 rings (SSSR count). The van der Waals surface area contributed by atoms with E-state index in [4.69, 9.17) is 0 Å². The number of amides is 1. The molecular weight excluding hydrogens is 655 g/mol. The average Bonchev–Trinajstić information content (AvgIpc) is 3.09. The van der Waals surface area contributed by atoms with Gasteiger partial charge in [-0.15, -0.1) is 0 Å². The summed E-state index contributed by atoms with van der Waals surface area (Å²) < 4.78 is 32.5. The van der Waals surface area contributed by atoms with E-state index in [9.17, 15) is 22.9 Å². The van der Waals surface area contributed by atoms with Crippen molar-refractivity contribution in [3.63, 3.8) is 0 Å². The molecule has 0 aliphatic rings. The highest BCUT2D eigenvalue weighted by Crippen LogP contribution is 2.15. The van der Waals surface area contributed by atoms with Crippen LogP contribution in [0, 0.1) is 0 Å². The van der Waals surface area contributed by atoms with Crippen LogP contribution in [0.1, 0.15) is 206 Å². The van der Waals surface area contributed by atoms with E-state index in [2.05, 4.69) is 55.6 Å². The summed E-state index contributed by atoms with van der Waals surface area (Å²) in [5, 5.41) is 13.2. The van der Waals surface area contributed by atoms with Gasteiger partial charge in [-0.25, -0.2) is 0 Å². The van der Waals surface area contributed by atoms with Crippen molar-refractivity contribution in [3.8, 4) is 0 Å². The third-order valence-electron chi connectivity index (χ3n) is 9.51. The second kappa shape index (κ2) is 38.0. The van der Waals surface area contributed by atoms with Crippen molar-refractivity contribution in [2.45, 2.75) is 219 Å². The number of rotatable bonds is 38. The number of hydrogen-bond acceptors (Lipinski definition) is 4. The lowest BCUT2D eigenvalue weighted by molar-refractivity contribution is -0.122. The molecule has 0 spiro atoms. The summed E-state index contributed by atoms with van der Waals surface area (Å²) in [4.78, 5) is 12.5. The molecule has 7 heteroatoms. The van der Waals surface area contributed by atoms with Crippen molar-refractivity contribution < 1.29 is 22.9 Å². The van der Waals surface area contributed by atoms with Gasteiger partial charge < -0.3 is 10.4 Å². The molecule has 0 aromatic heterocycles. The van der Waals surface area contributed by atoms with Crippen LogP contribution in [-0.2, 0) is 14.9 Å². The second-order valence-electron chi connectivity index (χ2n) is 14.6. The molecule has 3 N–H and O–H groups in total. The zero-order chi connectivity index (χ0) is 37.5. The number of aliphatic hydroxyl groups is 1. The molecule has 0 bridgehead atoms. The summed E-state index contributed by atoms with van der Waals surface area (Å²) in [5.41, 5.74) is 0. The highest BCUT2D eigenvalue weighted by Gasteiger charge is 2.24. The first-order valence-electron chi connectivity index (χ1n) is 21.3. The Morgan fingerprint density at radius 2 is 0.941 bits per heavy atom. The van der Waals surface area contributed by atoms with Gasteiger partial charge in [-0.3, -0.25) is 9.35 Å². The number of hydrogen-bond donors (Lipinski definition) is 3. The van der Waals surface area contributed by atoms with E-state index >= 15 is 0 Å². The number of allylic oxidation sites excluding steroid dienone is 7. The zero-order valence-electron chi connectivity index (χ0n) is 33.2. The van der Waals surface area contributed by atoms with Gasteiger partial charge in [0.1, 0.15) is 0 Å². The molecule has 6 nitrogen and oxygen atoms in total. The Morgan fingerprint density at radius 1 is 0.549 bits per heavy atom. The van der Waals surface area contributed by atoms with E-state index in [0.717, 1.165) is 70.6 Å². The first kappa shape index (κ1) is 49.3. The maximum atomic E-state index is 12.5. The smallest absolute Gasteiger partial charge is 0.267 e. The first-order valence-corrected chi connectivity index (χ1v) is 22.9. The highest BCUT2D eigenvalue weighted by molar-refractivity contribution is 7.85. The fourth-order valence-corrected chi connectivity index (χ4v) is 7.08. The Labute approximate surface area is 316 Å². The molecule has 51 heavy (non-hydrogen) atoms. The molecule has 0 aromatic carbocycles. The minimum Gasteiger partial charge on any atom is -0.387 e. The monoisotopic (exact) mass is 736 g/mol. The normalized spacial score (nSPS) is 13.7.